The first-order valence-electron chi connectivity index (χ1n) is 4.67. The summed E-state index contributed by atoms with van der Waals surface area (Å²) in [5, 5.41) is 3.86. The highest BCUT2D eigenvalue weighted by Crippen LogP contribution is 2.15. The van der Waals surface area contributed by atoms with E-state index in [1.54, 1.807) is 7.05 Å². The summed E-state index contributed by atoms with van der Waals surface area (Å²) in [7, 11) is -1.68. The van der Waals surface area contributed by atoms with E-state index < -0.39 is 10.0 Å². The Hall–Kier alpha value is -0.920. The van der Waals surface area contributed by atoms with Crippen molar-refractivity contribution < 1.29 is 13.2 Å². The predicted octanol–water partition coefficient (Wildman–Crippen LogP) is -0.559. The Morgan fingerprint density at radius 3 is 2.60 bits per heavy atom. The first kappa shape index (κ1) is 10.6. The van der Waals surface area contributed by atoms with Crippen molar-refractivity contribution in [2.75, 3.05) is 26.3 Å². The van der Waals surface area contributed by atoms with Crippen LogP contribution in [-0.2, 0) is 21.8 Å². The van der Waals surface area contributed by atoms with Crippen LogP contribution in [0.1, 0.15) is 0 Å². The molecule has 1 aliphatic rings. The maximum absolute atomic E-state index is 12.0. The molecule has 2 rings (SSSR count). The van der Waals surface area contributed by atoms with Gasteiger partial charge in [-0.2, -0.15) is 9.40 Å². The number of aromatic nitrogens is 2. The highest BCUT2D eigenvalue weighted by molar-refractivity contribution is 7.89. The molecule has 0 aromatic carbocycles. The van der Waals surface area contributed by atoms with Gasteiger partial charge in [0.2, 0.25) is 10.0 Å². The Kier molecular flexibility index (Phi) is 2.76. The lowest BCUT2D eigenvalue weighted by Gasteiger charge is -2.25. The summed E-state index contributed by atoms with van der Waals surface area (Å²) in [6.07, 6.45) is 2.87. The maximum Gasteiger partial charge on any atom is 0.246 e. The molecule has 15 heavy (non-hydrogen) atoms. The van der Waals surface area contributed by atoms with Crippen LogP contribution in [0.3, 0.4) is 0 Å². The van der Waals surface area contributed by atoms with Crippen LogP contribution in [0.2, 0.25) is 0 Å². The monoisotopic (exact) mass is 231 g/mol. The number of aryl methyl sites for hydroxylation is 1. The van der Waals surface area contributed by atoms with Crippen LogP contribution in [0, 0.1) is 0 Å². The van der Waals surface area contributed by atoms with E-state index >= 15 is 0 Å². The molecule has 0 unspecified atom stereocenters. The zero-order valence-corrected chi connectivity index (χ0v) is 9.27. The molecule has 1 aromatic heterocycles. The number of rotatable bonds is 2. The van der Waals surface area contributed by atoms with E-state index in [2.05, 4.69) is 5.10 Å². The number of hydrogen-bond acceptors (Lipinski definition) is 4. The van der Waals surface area contributed by atoms with Crippen LogP contribution in [0.25, 0.3) is 0 Å². The van der Waals surface area contributed by atoms with Gasteiger partial charge in [-0.15, -0.1) is 0 Å². The van der Waals surface area contributed by atoms with Crippen LogP contribution in [0.4, 0.5) is 0 Å². The average Bonchev–Trinajstić information content (AvgIpc) is 2.67. The van der Waals surface area contributed by atoms with Crippen LogP contribution in [0.15, 0.2) is 17.3 Å². The molecular weight excluding hydrogens is 218 g/mol. The number of morpholine rings is 1. The van der Waals surface area contributed by atoms with Crippen molar-refractivity contribution in [1.82, 2.24) is 14.1 Å². The zero-order chi connectivity index (χ0) is 10.9. The van der Waals surface area contributed by atoms with Gasteiger partial charge in [0.25, 0.3) is 0 Å². The van der Waals surface area contributed by atoms with Crippen LogP contribution in [-0.4, -0.2) is 48.8 Å². The second-order valence-corrected chi connectivity index (χ2v) is 5.30. The third kappa shape index (κ3) is 2.04. The molecule has 0 aliphatic carbocycles. The van der Waals surface area contributed by atoms with Crippen molar-refractivity contribution in [2.45, 2.75) is 4.90 Å². The topological polar surface area (TPSA) is 64.4 Å². The minimum atomic E-state index is -3.37. The second kappa shape index (κ2) is 3.92. The molecule has 0 radical (unpaired) electrons. The van der Waals surface area contributed by atoms with Crippen molar-refractivity contribution in [3.05, 3.63) is 12.4 Å². The van der Waals surface area contributed by atoms with Gasteiger partial charge in [-0.05, 0) is 0 Å². The predicted molar refractivity (Wildman–Crippen MR) is 52.8 cm³/mol. The summed E-state index contributed by atoms with van der Waals surface area (Å²) in [6.45, 7) is 1.74. The first-order valence-corrected chi connectivity index (χ1v) is 6.11. The summed E-state index contributed by atoms with van der Waals surface area (Å²) >= 11 is 0. The Morgan fingerprint density at radius 1 is 1.40 bits per heavy atom. The highest BCUT2D eigenvalue weighted by Gasteiger charge is 2.27. The van der Waals surface area contributed by atoms with Gasteiger partial charge in [0.15, 0.2) is 0 Å². The summed E-state index contributed by atoms with van der Waals surface area (Å²) in [4.78, 5) is 0.243. The summed E-state index contributed by atoms with van der Waals surface area (Å²) in [6, 6.07) is 0. The van der Waals surface area contributed by atoms with Crippen molar-refractivity contribution in [3.63, 3.8) is 0 Å². The minimum Gasteiger partial charge on any atom is -0.379 e. The Morgan fingerprint density at radius 2 is 2.07 bits per heavy atom. The van der Waals surface area contributed by atoms with Gasteiger partial charge in [-0.1, -0.05) is 0 Å². The minimum absolute atomic E-state index is 0.243. The molecule has 84 valence electrons. The molecule has 1 saturated heterocycles. The van der Waals surface area contributed by atoms with Gasteiger partial charge in [0.05, 0.1) is 19.4 Å². The zero-order valence-electron chi connectivity index (χ0n) is 8.46. The van der Waals surface area contributed by atoms with E-state index in [9.17, 15) is 8.42 Å². The summed E-state index contributed by atoms with van der Waals surface area (Å²) in [5.41, 5.74) is 0. The van der Waals surface area contributed by atoms with Gasteiger partial charge in [-0.25, -0.2) is 8.42 Å². The van der Waals surface area contributed by atoms with Crippen molar-refractivity contribution >= 4 is 10.0 Å². The average molecular weight is 231 g/mol. The fourth-order valence-corrected chi connectivity index (χ4v) is 2.86. The number of nitrogens with zero attached hydrogens (tertiary/aromatic N) is 3. The molecular formula is C8H13N3O3S. The number of ether oxygens (including phenoxy) is 1. The fraction of sp³-hybridized carbons (Fsp3) is 0.625. The fourth-order valence-electron chi connectivity index (χ4n) is 1.47. The second-order valence-electron chi connectivity index (χ2n) is 3.37. The molecule has 0 N–H and O–H groups in total. The largest absolute Gasteiger partial charge is 0.379 e. The number of hydrogen-bond donors (Lipinski definition) is 0. The standard InChI is InChI=1S/C8H13N3O3S/c1-10-7-8(6-9-10)15(12,13)11-2-4-14-5-3-11/h6-7H,2-5H2,1H3. The van der Waals surface area contributed by atoms with Crippen LogP contribution in [0.5, 0.6) is 0 Å². The van der Waals surface area contributed by atoms with Gasteiger partial charge in [0, 0.05) is 26.3 Å². The molecule has 1 aromatic rings. The van der Waals surface area contributed by atoms with E-state index in [4.69, 9.17) is 4.74 Å². The smallest absolute Gasteiger partial charge is 0.246 e. The Bertz CT molecular complexity index is 434. The van der Waals surface area contributed by atoms with Crippen molar-refractivity contribution in [3.8, 4) is 0 Å². The van der Waals surface area contributed by atoms with E-state index in [1.807, 2.05) is 0 Å². The molecule has 0 atom stereocenters. The van der Waals surface area contributed by atoms with Gasteiger partial charge >= 0.3 is 0 Å². The molecule has 0 bridgehead atoms. The summed E-state index contributed by atoms with van der Waals surface area (Å²) < 4.78 is 32.0. The molecule has 7 heteroatoms. The first-order chi connectivity index (χ1) is 7.10. The molecule has 6 nitrogen and oxygen atoms in total. The number of sulfonamides is 1. The van der Waals surface area contributed by atoms with Gasteiger partial charge < -0.3 is 4.74 Å². The lowest BCUT2D eigenvalue weighted by Crippen LogP contribution is -2.40. The SMILES string of the molecule is Cn1cc(S(=O)(=O)N2CCOCC2)cn1. The molecule has 0 saturated carbocycles. The Labute approximate surface area is 88.5 Å². The highest BCUT2D eigenvalue weighted by atomic mass is 32.2. The Balaban J connectivity index is 2.26. The van der Waals surface area contributed by atoms with Crippen LogP contribution >= 0.6 is 0 Å². The molecule has 1 aliphatic heterocycles. The maximum atomic E-state index is 12.0. The molecule has 1 fully saturated rings. The normalized spacial score (nSPS) is 19.3. The van der Waals surface area contributed by atoms with E-state index in [1.165, 1.54) is 21.4 Å². The molecule has 0 spiro atoms. The van der Waals surface area contributed by atoms with Crippen molar-refractivity contribution in [1.29, 1.82) is 0 Å². The van der Waals surface area contributed by atoms with Crippen molar-refractivity contribution in [2.24, 2.45) is 7.05 Å². The van der Waals surface area contributed by atoms with Crippen LogP contribution < -0.4 is 0 Å². The third-order valence-corrected chi connectivity index (χ3v) is 4.14. The van der Waals surface area contributed by atoms with Gasteiger partial charge in [0.1, 0.15) is 4.90 Å². The van der Waals surface area contributed by atoms with E-state index in [0.29, 0.717) is 26.3 Å². The third-order valence-electron chi connectivity index (χ3n) is 2.29. The summed E-state index contributed by atoms with van der Waals surface area (Å²) in [5.74, 6) is 0. The van der Waals surface area contributed by atoms with E-state index in [0.717, 1.165) is 0 Å². The lowest BCUT2D eigenvalue weighted by molar-refractivity contribution is 0.0730. The van der Waals surface area contributed by atoms with E-state index in [-0.39, 0.29) is 4.90 Å². The lowest BCUT2D eigenvalue weighted by atomic mass is 10.5. The molecule has 2 heterocycles. The van der Waals surface area contributed by atoms with Gasteiger partial charge in [-0.3, -0.25) is 4.68 Å². The quantitative estimate of drug-likeness (QED) is 0.684. The molecule has 0 amide bonds.